The first kappa shape index (κ1) is 12.9. The number of hydrogen-bond donors (Lipinski definition) is 1. The van der Waals surface area contributed by atoms with Gasteiger partial charge in [-0.15, -0.1) is 0 Å². The fourth-order valence-electron chi connectivity index (χ4n) is 1.56. The molecule has 1 aromatic rings. The van der Waals surface area contributed by atoms with Gasteiger partial charge in [0.1, 0.15) is 0 Å². The average Bonchev–Trinajstić information content (AvgIpc) is 2.32. The highest BCUT2D eigenvalue weighted by Gasteiger charge is 2.05. The van der Waals surface area contributed by atoms with Crippen molar-refractivity contribution < 1.29 is 0 Å². The van der Waals surface area contributed by atoms with E-state index in [2.05, 4.69) is 25.2 Å². The van der Waals surface area contributed by atoms with E-state index in [4.69, 9.17) is 16.9 Å². The van der Waals surface area contributed by atoms with E-state index < -0.39 is 0 Å². The van der Waals surface area contributed by atoms with E-state index >= 15 is 0 Å². The molecule has 0 fully saturated rings. The first-order valence-corrected chi connectivity index (χ1v) is 6.02. The zero-order chi connectivity index (χ0) is 12.0. The van der Waals surface area contributed by atoms with Gasteiger partial charge in [-0.25, -0.2) is 0 Å². The minimum Gasteiger partial charge on any atom is -0.384 e. The van der Waals surface area contributed by atoms with Crippen molar-refractivity contribution in [1.29, 1.82) is 5.26 Å². The van der Waals surface area contributed by atoms with E-state index in [1.54, 1.807) is 18.2 Å². The molecule has 0 unspecified atom stereocenters. The largest absolute Gasteiger partial charge is 0.384 e. The second-order valence-corrected chi connectivity index (χ2v) is 4.28. The van der Waals surface area contributed by atoms with Crippen molar-refractivity contribution in [3.63, 3.8) is 0 Å². The third-order valence-corrected chi connectivity index (χ3v) is 3.16. The summed E-state index contributed by atoms with van der Waals surface area (Å²) < 4.78 is 0. The Labute approximate surface area is 102 Å². The summed E-state index contributed by atoms with van der Waals surface area (Å²) in [6.07, 6.45) is 2.30. The fraction of sp³-hybridized carbons (Fsp3) is 0.462. The Morgan fingerprint density at radius 2 is 2.06 bits per heavy atom. The number of hydrogen-bond acceptors (Lipinski definition) is 2. The SMILES string of the molecule is CCC(CC)CNc1cc(C#N)ccc1Cl. The summed E-state index contributed by atoms with van der Waals surface area (Å²) >= 11 is 6.05. The number of nitrogens with one attached hydrogen (secondary N) is 1. The molecule has 0 aliphatic heterocycles. The number of anilines is 1. The Hall–Kier alpha value is -1.20. The second kappa shape index (κ2) is 6.40. The fourth-order valence-corrected chi connectivity index (χ4v) is 1.75. The molecule has 0 bridgehead atoms. The van der Waals surface area contributed by atoms with Crippen LogP contribution in [0.1, 0.15) is 32.3 Å². The molecule has 0 spiro atoms. The molecule has 0 heterocycles. The minimum absolute atomic E-state index is 0.636. The molecule has 2 nitrogen and oxygen atoms in total. The number of nitriles is 1. The van der Waals surface area contributed by atoms with Gasteiger partial charge in [-0.05, 0) is 24.1 Å². The molecule has 1 aromatic carbocycles. The van der Waals surface area contributed by atoms with Crippen LogP contribution in [-0.2, 0) is 0 Å². The van der Waals surface area contributed by atoms with Gasteiger partial charge in [0.05, 0.1) is 22.3 Å². The van der Waals surface area contributed by atoms with Crippen molar-refractivity contribution in [3.05, 3.63) is 28.8 Å². The molecule has 0 radical (unpaired) electrons. The van der Waals surface area contributed by atoms with E-state index in [0.29, 0.717) is 16.5 Å². The van der Waals surface area contributed by atoms with E-state index in [0.717, 1.165) is 25.1 Å². The van der Waals surface area contributed by atoms with Crippen LogP contribution in [0, 0.1) is 17.2 Å². The van der Waals surface area contributed by atoms with Crippen LogP contribution in [0.15, 0.2) is 18.2 Å². The third kappa shape index (κ3) is 3.43. The first-order chi connectivity index (χ1) is 7.71. The molecule has 1 N–H and O–H groups in total. The Morgan fingerprint density at radius 1 is 1.38 bits per heavy atom. The lowest BCUT2D eigenvalue weighted by Crippen LogP contribution is -2.12. The summed E-state index contributed by atoms with van der Waals surface area (Å²) in [6.45, 7) is 5.27. The lowest BCUT2D eigenvalue weighted by atomic mass is 10.0. The summed E-state index contributed by atoms with van der Waals surface area (Å²) in [6, 6.07) is 7.39. The van der Waals surface area contributed by atoms with Crippen LogP contribution in [0.4, 0.5) is 5.69 Å². The quantitative estimate of drug-likeness (QED) is 0.837. The molecule has 0 aromatic heterocycles. The summed E-state index contributed by atoms with van der Waals surface area (Å²) in [4.78, 5) is 0. The Morgan fingerprint density at radius 3 is 2.62 bits per heavy atom. The molecule has 86 valence electrons. The van der Waals surface area contributed by atoms with Crippen molar-refractivity contribution in [2.45, 2.75) is 26.7 Å². The standard InChI is InChI=1S/C13H17ClN2/c1-3-10(4-2)9-16-13-7-11(8-15)5-6-12(13)14/h5-7,10,16H,3-4,9H2,1-2H3. The van der Waals surface area contributed by atoms with Crippen LogP contribution in [-0.4, -0.2) is 6.54 Å². The minimum atomic E-state index is 0.636. The van der Waals surface area contributed by atoms with Gasteiger partial charge in [-0.1, -0.05) is 38.3 Å². The first-order valence-electron chi connectivity index (χ1n) is 5.64. The van der Waals surface area contributed by atoms with Crippen LogP contribution >= 0.6 is 11.6 Å². The maximum absolute atomic E-state index is 8.80. The summed E-state index contributed by atoms with van der Waals surface area (Å²) in [5, 5.41) is 12.8. The topological polar surface area (TPSA) is 35.8 Å². The van der Waals surface area contributed by atoms with Gasteiger partial charge in [0.15, 0.2) is 0 Å². The highest BCUT2D eigenvalue weighted by atomic mass is 35.5. The van der Waals surface area contributed by atoms with E-state index in [-0.39, 0.29) is 0 Å². The number of benzene rings is 1. The molecule has 0 aliphatic carbocycles. The number of nitrogens with zero attached hydrogens (tertiary/aromatic N) is 1. The van der Waals surface area contributed by atoms with Crippen molar-refractivity contribution in [3.8, 4) is 6.07 Å². The lowest BCUT2D eigenvalue weighted by Gasteiger charge is -2.15. The van der Waals surface area contributed by atoms with Crippen molar-refractivity contribution in [2.75, 3.05) is 11.9 Å². The van der Waals surface area contributed by atoms with Gasteiger partial charge >= 0.3 is 0 Å². The summed E-state index contributed by atoms with van der Waals surface area (Å²) in [5.74, 6) is 0.654. The van der Waals surface area contributed by atoms with Gasteiger partial charge in [0.25, 0.3) is 0 Å². The zero-order valence-electron chi connectivity index (χ0n) is 9.76. The molecule has 0 saturated carbocycles. The van der Waals surface area contributed by atoms with Crippen molar-refractivity contribution in [1.82, 2.24) is 0 Å². The van der Waals surface area contributed by atoms with E-state index in [1.807, 2.05) is 0 Å². The molecule has 16 heavy (non-hydrogen) atoms. The van der Waals surface area contributed by atoms with E-state index in [1.165, 1.54) is 0 Å². The van der Waals surface area contributed by atoms with Gasteiger partial charge in [0, 0.05) is 6.54 Å². The number of rotatable bonds is 5. The maximum atomic E-state index is 8.80. The van der Waals surface area contributed by atoms with E-state index in [9.17, 15) is 0 Å². The van der Waals surface area contributed by atoms with Crippen LogP contribution in [0.25, 0.3) is 0 Å². The van der Waals surface area contributed by atoms with Gasteiger partial charge in [-0.3, -0.25) is 0 Å². The predicted octanol–water partition coefficient (Wildman–Crippen LogP) is 4.06. The highest BCUT2D eigenvalue weighted by molar-refractivity contribution is 6.33. The molecular weight excluding hydrogens is 220 g/mol. The third-order valence-electron chi connectivity index (χ3n) is 2.83. The van der Waals surface area contributed by atoms with Gasteiger partial charge < -0.3 is 5.32 Å². The zero-order valence-corrected chi connectivity index (χ0v) is 10.5. The predicted molar refractivity (Wildman–Crippen MR) is 68.7 cm³/mol. The van der Waals surface area contributed by atoms with Crippen LogP contribution < -0.4 is 5.32 Å². The molecule has 0 saturated heterocycles. The molecule has 0 atom stereocenters. The average molecular weight is 237 g/mol. The Balaban J connectivity index is 2.69. The molecule has 0 aliphatic rings. The van der Waals surface area contributed by atoms with Crippen molar-refractivity contribution >= 4 is 17.3 Å². The highest BCUT2D eigenvalue weighted by Crippen LogP contribution is 2.23. The molecule has 3 heteroatoms. The molecule has 0 amide bonds. The molecular formula is C13H17ClN2. The second-order valence-electron chi connectivity index (χ2n) is 3.87. The summed E-state index contributed by atoms with van der Waals surface area (Å²) in [5.41, 5.74) is 1.49. The van der Waals surface area contributed by atoms with Crippen LogP contribution in [0.2, 0.25) is 5.02 Å². The van der Waals surface area contributed by atoms with Crippen molar-refractivity contribution in [2.24, 2.45) is 5.92 Å². The van der Waals surface area contributed by atoms with Gasteiger partial charge in [0.2, 0.25) is 0 Å². The smallest absolute Gasteiger partial charge is 0.0992 e. The monoisotopic (exact) mass is 236 g/mol. The van der Waals surface area contributed by atoms with Crippen LogP contribution in [0.5, 0.6) is 0 Å². The lowest BCUT2D eigenvalue weighted by molar-refractivity contribution is 0.519. The normalized spacial score (nSPS) is 10.2. The maximum Gasteiger partial charge on any atom is 0.0992 e. The molecule has 1 rings (SSSR count). The Bertz CT molecular complexity index is 378. The summed E-state index contributed by atoms with van der Waals surface area (Å²) in [7, 11) is 0. The number of halogens is 1. The van der Waals surface area contributed by atoms with Crippen LogP contribution in [0.3, 0.4) is 0 Å². The van der Waals surface area contributed by atoms with Gasteiger partial charge in [-0.2, -0.15) is 5.26 Å². The Kier molecular flexibility index (Phi) is 5.14.